The smallest absolute Gasteiger partial charge is 0.242 e. The van der Waals surface area contributed by atoms with E-state index in [0.717, 1.165) is 24.0 Å². The first kappa shape index (κ1) is 23.6. The number of hydrogen-bond acceptors (Lipinski definition) is 2. The molecule has 2 rings (SSSR count). The number of amides is 2. The minimum absolute atomic E-state index is 0.0719. The van der Waals surface area contributed by atoms with E-state index >= 15 is 0 Å². The Morgan fingerprint density at radius 1 is 1.00 bits per heavy atom. The molecule has 1 atom stereocenters. The summed E-state index contributed by atoms with van der Waals surface area (Å²) in [6, 6.07) is 13.7. The number of carbonyl (C=O) groups excluding carboxylic acids is 2. The van der Waals surface area contributed by atoms with Gasteiger partial charge < -0.3 is 10.2 Å². The molecule has 0 aliphatic heterocycles. The van der Waals surface area contributed by atoms with Crippen LogP contribution in [-0.4, -0.2) is 29.3 Å². The molecule has 4 nitrogen and oxygen atoms in total. The van der Waals surface area contributed by atoms with Crippen LogP contribution >= 0.6 is 0 Å². The van der Waals surface area contributed by atoms with Gasteiger partial charge in [-0.1, -0.05) is 62.2 Å². The fourth-order valence-corrected chi connectivity index (χ4v) is 3.36. The first-order valence-corrected chi connectivity index (χ1v) is 10.8. The zero-order valence-corrected chi connectivity index (χ0v) is 18.3. The quantitative estimate of drug-likeness (QED) is 0.540. The van der Waals surface area contributed by atoms with Crippen LogP contribution in [0.3, 0.4) is 0 Å². The first-order valence-electron chi connectivity index (χ1n) is 10.8. The standard InChI is InChI=1S/C25H33FN2O2/c1-4-6-17-27-25(30)23(5-2)28(18-21-11-14-22(26)15-12-21)24(29)16-13-20-9-7-19(3)8-10-20/h7-12,14-15,23H,4-6,13,16-18H2,1-3H3,(H,27,30)/t23-/m0/s1. The zero-order valence-electron chi connectivity index (χ0n) is 18.3. The van der Waals surface area contributed by atoms with Crippen molar-refractivity contribution in [3.8, 4) is 0 Å². The van der Waals surface area contributed by atoms with E-state index in [2.05, 4.69) is 12.2 Å². The van der Waals surface area contributed by atoms with Gasteiger partial charge in [-0.25, -0.2) is 4.39 Å². The molecule has 0 heterocycles. The van der Waals surface area contributed by atoms with Gasteiger partial charge in [0, 0.05) is 19.5 Å². The number of benzene rings is 2. The molecule has 0 radical (unpaired) electrons. The van der Waals surface area contributed by atoms with Crippen molar-refractivity contribution < 1.29 is 14.0 Å². The monoisotopic (exact) mass is 412 g/mol. The molecular weight excluding hydrogens is 379 g/mol. The lowest BCUT2D eigenvalue weighted by Gasteiger charge is -2.31. The van der Waals surface area contributed by atoms with Gasteiger partial charge in [-0.15, -0.1) is 0 Å². The number of aryl methyl sites for hydroxylation is 2. The maximum absolute atomic E-state index is 13.3. The second-order valence-corrected chi connectivity index (χ2v) is 7.70. The third kappa shape index (κ3) is 7.29. The van der Waals surface area contributed by atoms with Crippen LogP contribution in [0.15, 0.2) is 48.5 Å². The molecule has 0 unspecified atom stereocenters. The first-order chi connectivity index (χ1) is 14.4. The highest BCUT2D eigenvalue weighted by molar-refractivity contribution is 5.87. The van der Waals surface area contributed by atoms with Crippen LogP contribution in [0, 0.1) is 12.7 Å². The Hall–Kier alpha value is -2.69. The molecule has 0 aromatic heterocycles. The predicted molar refractivity (Wildman–Crippen MR) is 118 cm³/mol. The van der Waals surface area contributed by atoms with Crippen LogP contribution in [0.5, 0.6) is 0 Å². The Labute approximate surface area is 179 Å². The van der Waals surface area contributed by atoms with Crippen molar-refractivity contribution in [2.75, 3.05) is 6.54 Å². The molecule has 0 bridgehead atoms. The summed E-state index contributed by atoms with van der Waals surface area (Å²) in [5.74, 6) is -0.519. The molecule has 1 N–H and O–H groups in total. The van der Waals surface area contributed by atoms with Gasteiger partial charge in [0.05, 0.1) is 0 Å². The van der Waals surface area contributed by atoms with Gasteiger partial charge in [-0.2, -0.15) is 0 Å². The Morgan fingerprint density at radius 2 is 1.63 bits per heavy atom. The van der Waals surface area contributed by atoms with Gasteiger partial charge in [0.2, 0.25) is 11.8 Å². The molecule has 2 aromatic rings. The van der Waals surface area contributed by atoms with Gasteiger partial charge >= 0.3 is 0 Å². The van der Waals surface area contributed by atoms with E-state index in [1.807, 2.05) is 38.1 Å². The lowest BCUT2D eigenvalue weighted by molar-refractivity contribution is -0.141. The van der Waals surface area contributed by atoms with Crippen LogP contribution in [-0.2, 0) is 22.6 Å². The van der Waals surface area contributed by atoms with Gasteiger partial charge in [0.15, 0.2) is 0 Å². The molecule has 0 saturated carbocycles. The molecular formula is C25H33FN2O2. The molecule has 0 fully saturated rings. The van der Waals surface area contributed by atoms with Gasteiger partial charge in [-0.05, 0) is 49.4 Å². The number of nitrogens with zero attached hydrogens (tertiary/aromatic N) is 1. The maximum Gasteiger partial charge on any atom is 0.242 e. The third-order valence-corrected chi connectivity index (χ3v) is 5.23. The summed E-state index contributed by atoms with van der Waals surface area (Å²) in [5.41, 5.74) is 3.08. The van der Waals surface area contributed by atoms with Crippen LogP contribution in [0.25, 0.3) is 0 Å². The minimum Gasteiger partial charge on any atom is -0.354 e. The Morgan fingerprint density at radius 3 is 2.23 bits per heavy atom. The SMILES string of the molecule is CCCCNC(=O)[C@H](CC)N(Cc1ccc(F)cc1)C(=O)CCc1ccc(C)cc1. The summed E-state index contributed by atoms with van der Waals surface area (Å²) >= 11 is 0. The summed E-state index contributed by atoms with van der Waals surface area (Å²) in [7, 11) is 0. The summed E-state index contributed by atoms with van der Waals surface area (Å²) in [5, 5.41) is 2.95. The molecule has 0 aliphatic carbocycles. The van der Waals surface area contributed by atoms with Crippen LogP contribution in [0.2, 0.25) is 0 Å². The third-order valence-electron chi connectivity index (χ3n) is 5.23. The van der Waals surface area contributed by atoms with Crippen molar-refractivity contribution in [3.63, 3.8) is 0 Å². The number of unbranched alkanes of at least 4 members (excludes halogenated alkanes) is 1. The van der Waals surface area contributed by atoms with Crippen molar-refractivity contribution in [3.05, 3.63) is 71.0 Å². The number of rotatable bonds is 11. The number of halogens is 1. The average Bonchev–Trinajstić information content (AvgIpc) is 2.74. The highest BCUT2D eigenvalue weighted by Crippen LogP contribution is 2.16. The van der Waals surface area contributed by atoms with Crippen LogP contribution < -0.4 is 5.32 Å². The van der Waals surface area contributed by atoms with E-state index in [1.165, 1.54) is 17.7 Å². The van der Waals surface area contributed by atoms with Gasteiger partial charge in [0.1, 0.15) is 11.9 Å². The predicted octanol–water partition coefficient (Wildman–Crippen LogP) is 4.79. The van der Waals surface area contributed by atoms with E-state index in [9.17, 15) is 14.0 Å². The van der Waals surface area contributed by atoms with Crippen molar-refractivity contribution in [2.45, 2.75) is 65.5 Å². The molecule has 0 saturated heterocycles. The minimum atomic E-state index is -0.544. The average molecular weight is 413 g/mol. The molecule has 2 aromatic carbocycles. The molecule has 0 aliphatic rings. The van der Waals surface area contributed by atoms with Crippen molar-refractivity contribution in [2.24, 2.45) is 0 Å². The normalized spacial score (nSPS) is 11.7. The van der Waals surface area contributed by atoms with Crippen molar-refractivity contribution >= 4 is 11.8 Å². The lowest BCUT2D eigenvalue weighted by Crippen LogP contribution is -2.49. The number of nitrogens with one attached hydrogen (secondary N) is 1. The maximum atomic E-state index is 13.3. The fraction of sp³-hybridized carbons (Fsp3) is 0.440. The molecule has 0 spiro atoms. The topological polar surface area (TPSA) is 49.4 Å². The van der Waals surface area contributed by atoms with Crippen molar-refractivity contribution in [1.29, 1.82) is 0 Å². The fourth-order valence-electron chi connectivity index (χ4n) is 3.36. The summed E-state index contributed by atoms with van der Waals surface area (Å²) < 4.78 is 13.3. The zero-order chi connectivity index (χ0) is 21.9. The second kappa shape index (κ2) is 12.1. The highest BCUT2D eigenvalue weighted by Gasteiger charge is 2.28. The Bertz CT molecular complexity index is 803. The van der Waals surface area contributed by atoms with Crippen LogP contribution in [0.1, 0.15) is 56.2 Å². The number of carbonyl (C=O) groups is 2. The van der Waals surface area contributed by atoms with E-state index in [-0.39, 0.29) is 24.2 Å². The van der Waals surface area contributed by atoms with E-state index in [4.69, 9.17) is 0 Å². The Kier molecular flexibility index (Phi) is 9.52. The molecule has 162 valence electrons. The number of hydrogen-bond donors (Lipinski definition) is 1. The van der Waals surface area contributed by atoms with E-state index in [0.29, 0.717) is 25.8 Å². The summed E-state index contributed by atoms with van der Waals surface area (Å²) in [6.45, 7) is 6.90. The largest absolute Gasteiger partial charge is 0.354 e. The molecule has 2 amide bonds. The second-order valence-electron chi connectivity index (χ2n) is 7.70. The molecule has 5 heteroatoms. The lowest BCUT2D eigenvalue weighted by atomic mass is 10.0. The van der Waals surface area contributed by atoms with Crippen molar-refractivity contribution in [1.82, 2.24) is 10.2 Å². The highest BCUT2D eigenvalue weighted by atomic mass is 19.1. The van der Waals surface area contributed by atoms with Gasteiger partial charge in [0.25, 0.3) is 0 Å². The summed E-state index contributed by atoms with van der Waals surface area (Å²) in [6.07, 6.45) is 3.36. The van der Waals surface area contributed by atoms with E-state index < -0.39 is 6.04 Å². The molecule has 30 heavy (non-hydrogen) atoms. The Balaban J connectivity index is 2.15. The van der Waals surface area contributed by atoms with E-state index in [1.54, 1.807) is 17.0 Å². The van der Waals surface area contributed by atoms with Crippen LogP contribution in [0.4, 0.5) is 4.39 Å². The summed E-state index contributed by atoms with van der Waals surface area (Å²) in [4.78, 5) is 27.6. The van der Waals surface area contributed by atoms with Gasteiger partial charge in [-0.3, -0.25) is 9.59 Å².